The van der Waals surface area contributed by atoms with Crippen molar-refractivity contribution in [3.63, 3.8) is 0 Å². The Morgan fingerprint density at radius 2 is 1.71 bits per heavy atom. The number of anilines is 1. The number of imidazole rings is 1. The van der Waals surface area contributed by atoms with Crippen LogP contribution in [0.5, 0.6) is 0 Å². The lowest BCUT2D eigenvalue weighted by atomic mass is 9.88. The molecule has 2 amide bonds. The molecule has 1 heterocycles. The molecule has 0 radical (unpaired) electrons. The Balaban J connectivity index is 0.00000195. The molecule has 1 aromatic heterocycles. The molecule has 3 N–H and O–H groups in total. The Bertz CT molecular complexity index is 1210. The highest BCUT2D eigenvalue weighted by Gasteiger charge is 2.23. The maximum atomic E-state index is 12.7. The molecule has 1 atom stereocenters. The van der Waals surface area contributed by atoms with Crippen LogP contribution in [0.3, 0.4) is 0 Å². The molecule has 6 nitrogen and oxygen atoms in total. The van der Waals surface area contributed by atoms with Gasteiger partial charge in [0.2, 0.25) is 5.91 Å². The first-order valence-corrected chi connectivity index (χ1v) is 14.0. The molecule has 0 aliphatic heterocycles. The van der Waals surface area contributed by atoms with Crippen LogP contribution in [0.25, 0.3) is 11.4 Å². The van der Waals surface area contributed by atoms with Gasteiger partial charge in [0.05, 0.1) is 21.7 Å². The standard InChI is InChI=1S/C28H30Cl2N4O2.C2H6/c1-2-7-21(34-27(35)19-8-4-3-5-9-19)16-22-17-31-26(32-22)18-12-14-20(15-13-18)33-28(36)25-23(29)10-6-11-24(25)30;1-2/h2,6-7,10-15,17,19,21H,3-5,8-9,16H2,1H3,(H,31,32)(H,33,36)(H,34,35);1-2H3/b7-2-;. The lowest BCUT2D eigenvalue weighted by Crippen LogP contribution is -2.39. The molecule has 1 aliphatic carbocycles. The van der Waals surface area contributed by atoms with Gasteiger partial charge < -0.3 is 15.6 Å². The monoisotopic (exact) mass is 554 g/mol. The van der Waals surface area contributed by atoms with Crippen LogP contribution in [0.2, 0.25) is 10.0 Å². The molecule has 1 aliphatic rings. The van der Waals surface area contributed by atoms with Gasteiger partial charge in [0.25, 0.3) is 5.91 Å². The number of aromatic amines is 1. The Hall–Kier alpha value is -3.09. The smallest absolute Gasteiger partial charge is 0.258 e. The van der Waals surface area contributed by atoms with Gasteiger partial charge in [-0.3, -0.25) is 9.59 Å². The van der Waals surface area contributed by atoms with E-state index in [1.807, 2.05) is 45.1 Å². The van der Waals surface area contributed by atoms with Crippen molar-refractivity contribution in [1.29, 1.82) is 0 Å². The molecule has 1 saturated carbocycles. The number of hydrogen-bond acceptors (Lipinski definition) is 3. The summed E-state index contributed by atoms with van der Waals surface area (Å²) in [5, 5.41) is 6.62. The number of hydrogen-bond donors (Lipinski definition) is 3. The average molecular weight is 556 g/mol. The molecular weight excluding hydrogens is 519 g/mol. The largest absolute Gasteiger partial charge is 0.349 e. The SMILES string of the molecule is C/C=C\C(Cc1cnc(-c2ccc(NC(=O)c3c(Cl)cccc3Cl)cc2)[nH]1)NC(=O)C1CCCCC1.CC. The minimum atomic E-state index is -0.371. The van der Waals surface area contributed by atoms with E-state index in [0.717, 1.165) is 42.8 Å². The molecular formula is C30H36Cl2N4O2. The van der Waals surface area contributed by atoms with Gasteiger partial charge in [-0.15, -0.1) is 0 Å². The number of carbonyl (C=O) groups excluding carboxylic acids is 2. The van der Waals surface area contributed by atoms with Crippen LogP contribution in [-0.4, -0.2) is 27.8 Å². The zero-order valence-corrected chi connectivity index (χ0v) is 23.7. The van der Waals surface area contributed by atoms with Gasteiger partial charge in [0.1, 0.15) is 5.82 Å². The second kappa shape index (κ2) is 14.7. The molecule has 0 saturated heterocycles. The molecule has 38 heavy (non-hydrogen) atoms. The number of nitrogens with one attached hydrogen (secondary N) is 3. The number of amides is 2. The quantitative estimate of drug-likeness (QED) is 0.248. The van der Waals surface area contributed by atoms with E-state index in [4.69, 9.17) is 23.2 Å². The van der Waals surface area contributed by atoms with Gasteiger partial charge in [-0.05, 0) is 56.2 Å². The van der Waals surface area contributed by atoms with Crippen LogP contribution in [0.1, 0.15) is 68.9 Å². The third-order valence-corrected chi connectivity index (χ3v) is 7.03. The fourth-order valence-electron chi connectivity index (χ4n) is 4.53. The Labute approximate surface area is 235 Å². The number of aromatic nitrogens is 2. The third-order valence-electron chi connectivity index (χ3n) is 6.40. The van der Waals surface area contributed by atoms with E-state index in [0.29, 0.717) is 22.2 Å². The van der Waals surface area contributed by atoms with Crippen molar-refractivity contribution in [1.82, 2.24) is 15.3 Å². The maximum absolute atomic E-state index is 12.7. The number of halogens is 2. The summed E-state index contributed by atoms with van der Waals surface area (Å²) >= 11 is 12.3. The molecule has 2 aromatic carbocycles. The topological polar surface area (TPSA) is 86.9 Å². The van der Waals surface area contributed by atoms with Crippen molar-refractivity contribution in [2.45, 2.75) is 65.3 Å². The Morgan fingerprint density at radius 3 is 2.34 bits per heavy atom. The van der Waals surface area contributed by atoms with E-state index in [1.54, 1.807) is 36.5 Å². The molecule has 202 valence electrons. The Morgan fingerprint density at radius 1 is 1.05 bits per heavy atom. The van der Waals surface area contributed by atoms with Crippen molar-refractivity contribution in [2.24, 2.45) is 5.92 Å². The molecule has 0 spiro atoms. The van der Waals surface area contributed by atoms with Gasteiger partial charge >= 0.3 is 0 Å². The average Bonchev–Trinajstić information content (AvgIpc) is 3.39. The minimum Gasteiger partial charge on any atom is -0.349 e. The summed E-state index contributed by atoms with van der Waals surface area (Å²) in [6.07, 6.45) is 11.8. The lowest BCUT2D eigenvalue weighted by Gasteiger charge is -2.23. The minimum absolute atomic E-state index is 0.0908. The zero-order valence-electron chi connectivity index (χ0n) is 22.2. The van der Waals surface area contributed by atoms with Crippen LogP contribution >= 0.6 is 23.2 Å². The number of allylic oxidation sites excluding steroid dienone is 1. The fourth-order valence-corrected chi connectivity index (χ4v) is 5.10. The maximum Gasteiger partial charge on any atom is 0.258 e. The van der Waals surface area contributed by atoms with Gasteiger partial charge in [-0.25, -0.2) is 4.98 Å². The van der Waals surface area contributed by atoms with E-state index >= 15 is 0 Å². The Kier molecular flexibility index (Phi) is 11.4. The zero-order chi connectivity index (χ0) is 27.5. The number of nitrogens with zero attached hydrogens (tertiary/aromatic N) is 1. The third kappa shape index (κ3) is 7.95. The second-order valence-electron chi connectivity index (χ2n) is 9.07. The van der Waals surface area contributed by atoms with E-state index in [-0.39, 0.29) is 29.3 Å². The molecule has 3 aromatic rings. The molecule has 1 fully saturated rings. The van der Waals surface area contributed by atoms with Gasteiger partial charge in [0.15, 0.2) is 0 Å². The predicted molar refractivity (Wildman–Crippen MR) is 157 cm³/mol. The van der Waals surface area contributed by atoms with Crippen LogP contribution in [-0.2, 0) is 11.2 Å². The molecule has 0 bridgehead atoms. The summed E-state index contributed by atoms with van der Waals surface area (Å²) in [6.45, 7) is 5.96. The first kappa shape index (κ1) is 29.5. The highest BCUT2D eigenvalue weighted by Crippen LogP contribution is 2.26. The highest BCUT2D eigenvalue weighted by atomic mass is 35.5. The van der Waals surface area contributed by atoms with Gasteiger partial charge in [-0.2, -0.15) is 0 Å². The van der Waals surface area contributed by atoms with Crippen molar-refractivity contribution >= 4 is 40.7 Å². The number of carbonyl (C=O) groups is 2. The first-order chi connectivity index (χ1) is 18.4. The van der Waals surface area contributed by atoms with Crippen LogP contribution in [0.4, 0.5) is 5.69 Å². The number of rotatable bonds is 8. The lowest BCUT2D eigenvalue weighted by molar-refractivity contribution is -0.126. The normalized spacial score (nSPS) is 14.4. The summed E-state index contributed by atoms with van der Waals surface area (Å²) in [4.78, 5) is 33.2. The summed E-state index contributed by atoms with van der Waals surface area (Å²) in [5.41, 5.74) is 2.67. The van der Waals surface area contributed by atoms with E-state index < -0.39 is 0 Å². The van der Waals surface area contributed by atoms with E-state index in [9.17, 15) is 9.59 Å². The van der Waals surface area contributed by atoms with E-state index in [1.165, 1.54) is 6.42 Å². The van der Waals surface area contributed by atoms with Gasteiger partial charge in [0, 0.05) is 35.5 Å². The summed E-state index contributed by atoms with van der Waals surface area (Å²) in [5.74, 6) is 0.615. The van der Waals surface area contributed by atoms with Crippen molar-refractivity contribution in [3.05, 3.63) is 82.1 Å². The van der Waals surface area contributed by atoms with Crippen molar-refractivity contribution < 1.29 is 9.59 Å². The van der Waals surface area contributed by atoms with Crippen LogP contribution in [0.15, 0.2) is 60.8 Å². The molecule has 8 heteroatoms. The highest BCUT2D eigenvalue weighted by molar-refractivity contribution is 6.40. The molecule has 1 unspecified atom stereocenters. The van der Waals surface area contributed by atoms with Crippen LogP contribution < -0.4 is 10.6 Å². The fraction of sp³-hybridized carbons (Fsp3) is 0.367. The predicted octanol–water partition coefficient (Wildman–Crippen LogP) is 7.85. The van der Waals surface area contributed by atoms with Crippen LogP contribution in [0, 0.1) is 5.92 Å². The van der Waals surface area contributed by atoms with Crippen molar-refractivity contribution in [2.75, 3.05) is 5.32 Å². The summed E-state index contributed by atoms with van der Waals surface area (Å²) in [7, 11) is 0. The van der Waals surface area contributed by atoms with E-state index in [2.05, 4.69) is 20.6 Å². The second-order valence-corrected chi connectivity index (χ2v) is 9.88. The van der Waals surface area contributed by atoms with Crippen molar-refractivity contribution in [3.8, 4) is 11.4 Å². The molecule has 4 rings (SSSR count). The summed E-state index contributed by atoms with van der Waals surface area (Å²) in [6, 6.07) is 12.2. The first-order valence-electron chi connectivity index (χ1n) is 13.3. The number of H-pyrrole nitrogens is 1. The number of benzene rings is 2. The van der Waals surface area contributed by atoms with Gasteiger partial charge in [-0.1, -0.05) is 74.5 Å². The summed E-state index contributed by atoms with van der Waals surface area (Å²) < 4.78 is 0.